The Morgan fingerprint density at radius 2 is 2.00 bits per heavy atom. The minimum Gasteiger partial charge on any atom is -0.474 e. The van der Waals surface area contributed by atoms with Crippen LogP contribution in [0, 0.1) is 15.9 Å². The molecule has 2 rings (SSSR count). The number of carbonyl (C=O) groups excluding carboxylic acids is 1. The van der Waals surface area contributed by atoms with Crippen molar-refractivity contribution in [3.8, 4) is 5.75 Å². The van der Waals surface area contributed by atoms with Crippen LogP contribution >= 0.6 is 23.2 Å². The van der Waals surface area contributed by atoms with E-state index in [4.69, 9.17) is 27.9 Å². The molecule has 0 aliphatic heterocycles. The van der Waals surface area contributed by atoms with E-state index in [1.54, 1.807) is 6.07 Å². The number of halogens is 3. The number of anilines is 1. The molecule has 0 unspecified atom stereocenters. The van der Waals surface area contributed by atoms with Crippen molar-refractivity contribution in [1.82, 2.24) is 0 Å². The lowest BCUT2D eigenvalue weighted by molar-refractivity contribution is -0.386. The van der Waals surface area contributed by atoms with Crippen LogP contribution in [0.1, 0.15) is 6.92 Å². The molecule has 0 spiro atoms. The standard InChI is InChI=1S/C15H11Cl2FN2O4/c1-8(15(21)19-12-6-9(16)2-4-11(12)17)24-14-7-10(18)3-5-13(14)20(22)23/h2-8H,1H3,(H,19,21)/t8-/m1/s1. The molecule has 6 nitrogen and oxygen atoms in total. The van der Waals surface area contributed by atoms with Gasteiger partial charge in [-0.05, 0) is 31.2 Å². The predicted molar refractivity (Wildman–Crippen MR) is 88.2 cm³/mol. The van der Waals surface area contributed by atoms with Crippen LogP contribution in [0.15, 0.2) is 36.4 Å². The van der Waals surface area contributed by atoms with Crippen molar-refractivity contribution in [2.45, 2.75) is 13.0 Å². The molecule has 1 atom stereocenters. The Labute approximate surface area is 146 Å². The van der Waals surface area contributed by atoms with Crippen LogP contribution in [0.2, 0.25) is 10.0 Å². The second kappa shape index (κ2) is 7.46. The van der Waals surface area contributed by atoms with Crippen LogP contribution in [0.25, 0.3) is 0 Å². The molecule has 2 aromatic rings. The number of hydrogen-bond acceptors (Lipinski definition) is 4. The normalized spacial score (nSPS) is 11.7. The number of nitrogens with zero attached hydrogens (tertiary/aromatic N) is 1. The van der Waals surface area contributed by atoms with Gasteiger partial charge in [0.2, 0.25) is 5.75 Å². The summed E-state index contributed by atoms with van der Waals surface area (Å²) in [6.07, 6.45) is -1.14. The molecular formula is C15H11Cl2FN2O4. The summed E-state index contributed by atoms with van der Waals surface area (Å²) in [5.41, 5.74) is -0.185. The first-order valence-electron chi connectivity index (χ1n) is 6.64. The highest BCUT2D eigenvalue weighted by Crippen LogP contribution is 2.29. The molecule has 0 saturated carbocycles. The first-order valence-corrected chi connectivity index (χ1v) is 7.40. The summed E-state index contributed by atoms with van der Waals surface area (Å²) in [6, 6.07) is 7.23. The van der Waals surface area contributed by atoms with Gasteiger partial charge in [-0.15, -0.1) is 0 Å². The summed E-state index contributed by atoms with van der Waals surface area (Å²) in [7, 11) is 0. The maximum atomic E-state index is 13.3. The smallest absolute Gasteiger partial charge is 0.311 e. The quantitative estimate of drug-likeness (QED) is 0.620. The van der Waals surface area contributed by atoms with Gasteiger partial charge in [-0.3, -0.25) is 14.9 Å². The molecule has 126 valence electrons. The van der Waals surface area contributed by atoms with Crippen molar-refractivity contribution < 1.29 is 18.8 Å². The van der Waals surface area contributed by atoms with Crippen molar-refractivity contribution in [2.24, 2.45) is 0 Å². The Bertz CT molecular complexity index is 801. The van der Waals surface area contributed by atoms with E-state index >= 15 is 0 Å². The van der Waals surface area contributed by atoms with E-state index in [1.807, 2.05) is 0 Å². The first kappa shape index (κ1) is 18.0. The summed E-state index contributed by atoms with van der Waals surface area (Å²) in [5.74, 6) is -1.70. The van der Waals surface area contributed by atoms with Gasteiger partial charge in [-0.1, -0.05) is 23.2 Å². The molecule has 0 radical (unpaired) electrons. The monoisotopic (exact) mass is 372 g/mol. The van der Waals surface area contributed by atoms with Gasteiger partial charge in [0.25, 0.3) is 5.91 Å². The topological polar surface area (TPSA) is 81.5 Å². The molecule has 0 saturated heterocycles. The Balaban J connectivity index is 2.16. The third-order valence-corrected chi connectivity index (χ3v) is 3.54. The molecule has 1 amide bonds. The second-order valence-electron chi connectivity index (χ2n) is 4.74. The number of nitrogens with one attached hydrogen (secondary N) is 1. The van der Waals surface area contributed by atoms with Crippen molar-refractivity contribution in [1.29, 1.82) is 0 Å². The summed E-state index contributed by atoms with van der Waals surface area (Å²) in [6.45, 7) is 1.36. The Morgan fingerprint density at radius 3 is 2.67 bits per heavy atom. The number of nitro benzene ring substituents is 1. The number of carbonyl (C=O) groups is 1. The summed E-state index contributed by atoms with van der Waals surface area (Å²) in [4.78, 5) is 22.3. The maximum Gasteiger partial charge on any atom is 0.311 e. The summed E-state index contributed by atoms with van der Waals surface area (Å²) in [5, 5.41) is 14.0. The molecule has 0 fully saturated rings. The lowest BCUT2D eigenvalue weighted by atomic mass is 10.2. The highest BCUT2D eigenvalue weighted by Gasteiger charge is 2.22. The maximum absolute atomic E-state index is 13.3. The fourth-order valence-electron chi connectivity index (χ4n) is 1.80. The first-order chi connectivity index (χ1) is 11.3. The van der Waals surface area contributed by atoms with Gasteiger partial charge in [0.05, 0.1) is 15.6 Å². The molecule has 0 aliphatic rings. The lowest BCUT2D eigenvalue weighted by Crippen LogP contribution is -2.30. The van der Waals surface area contributed by atoms with Crippen LogP contribution < -0.4 is 10.1 Å². The zero-order chi connectivity index (χ0) is 17.9. The average Bonchev–Trinajstić information content (AvgIpc) is 2.50. The highest BCUT2D eigenvalue weighted by atomic mass is 35.5. The number of nitro groups is 1. The number of benzene rings is 2. The van der Waals surface area contributed by atoms with Crippen LogP contribution in [-0.4, -0.2) is 16.9 Å². The van der Waals surface area contributed by atoms with Gasteiger partial charge >= 0.3 is 5.69 Å². The zero-order valence-electron chi connectivity index (χ0n) is 12.3. The Kier molecular flexibility index (Phi) is 5.58. The van der Waals surface area contributed by atoms with Crippen LogP contribution in [0.4, 0.5) is 15.8 Å². The van der Waals surface area contributed by atoms with Crippen molar-refractivity contribution >= 4 is 40.5 Å². The minimum absolute atomic E-state index is 0.261. The van der Waals surface area contributed by atoms with Gasteiger partial charge in [0.1, 0.15) is 5.82 Å². The Morgan fingerprint density at radius 1 is 1.29 bits per heavy atom. The third-order valence-electron chi connectivity index (χ3n) is 2.98. The van der Waals surface area contributed by atoms with E-state index in [0.717, 1.165) is 18.2 Å². The van der Waals surface area contributed by atoms with E-state index < -0.39 is 28.4 Å². The molecule has 9 heteroatoms. The molecular weight excluding hydrogens is 362 g/mol. The fourth-order valence-corrected chi connectivity index (χ4v) is 2.14. The largest absolute Gasteiger partial charge is 0.474 e. The average molecular weight is 373 g/mol. The summed E-state index contributed by atoms with van der Waals surface area (Å²) >= 11 is 11.8. The summed E-state index contributed by atoms with van der Waals surface area (Å²) < 4.78 is 18.5. The highest BCUT2D eigenvalue weighted by molar-refractivity contribution is 6.35. The van der Waals surface area contributed by atoms with Crippen molar-refractivity contribution in [2.75, 3.05) is 5.32 Å². The lowest BCUT2D eigenvalue weighted by Gasteiger charge is -2.15. The van der Waals surface area contributed by atoms with Gasteiger partial charge < -0.3 is 10.1 Å². The van der Waals surface area contributed by atoms with E-state index in [1.165, 1.54) is 19.1 Å². The zero-order valence-corrected chi connectivity index (χ0v) is 13.8. The van der Waals surface area contributed by atoms with Crippen molar-refractivity contribution in [3.05, 3.63) is 62.4 Å². The van der Waals surface area contributed by atoms with E-state index in [-0.39, 0.29) is 16.5 Å². The fraction of sp³-hybridized carbons (Fsp3) is 0.133. The van der Waals surface area contributed by atoms with Gasteiger partial charge in [-0.2, -0.15) is 0 Å². The SMILES string of the molecule is C[C@@H](Oc1cc(F)ccc1[N+](=O)[O-])C(=O)Nc1cc(Cl)ccc1Cl. The van der Waals surface area contributed by atoms with Gasteiger partial charge in [0, 0.05) is 17.2 Å². The molecule has 0 bridgehead atoms. The molecule has 24 heavy (non-hydrogen) atoms. The molecule has 0 heterocycles. The number of amides is 1. The predicted octanol–water partition coefficient (Wildman–Crippen LogP) is 4.45. The van der Waals surface area contributed by atoms with Crippen LogP contribution in [0.3, 0.4) is 0 Å². The number of ether oxygens (including phenoxy) is 1. The second-order valence-corrected chi connectivity index (χ2v) is 5.59. The van der Waals surface area contributed by atoms with E-state index in [0.29, 0.717) is 5.02 Å². The minimum atomic E-state index is -1.14. The molecule has 0 aromatic heterocycles. The van der Waals surface area contributed by atoms with E-state index in [2.05, 4.69) is 5.32 Å². The number of rotatable bonds is 5. The number of hydrogen-bond donors (Lipinski definition) is 1. The van der Waals surface area contributed by atoms with E-state index in [9.17, 15) is 19.3 Å². The third kappa shape index (κ3) is 4.33. The molecule has 1 N–H and O–H groups in total. The van der Waals surface area contributed by atoms with Crippen molar-refractivity contribution in [3.63, 3.8) is 0 Å². The Hall–Kier alpha value is -2.38. The molecule has 0 aliphatic carbocycles. The van der Waals surface area contributed by atoms with Gasteiger partial charge in [-0.25, -0.2) is 4.39 Å². The van der Waals surface area contributed by atoms with Crippen LogP contribution in [-0.2, 0) is 4.79 Å². The molecule has 2 aromatic carbocycles. The van der Waals surface area contributed by atoms with Crippen LogP contribution in [0.5, 0.6) is 5.75 Å². The van der Waals surface area contributed by atoms with Gasteiger partial charge in [0.15, 0.2) is 6.10 Å².